The van der Waals surface area contributed by atoms with Crippen LogP contribution in [0.5, 0.6) is 0 Å². The monoisotopic (exact) mass is 245 g/mol. The van der Waals surface area contributed by atoms with E-state index in [1.54, 1.807) is 0 Å². The zero-order valence-corrected chi connectivity index (χ0v) is 8.55. The van der Waals surface area contributed by atoms with Gasteiger partial charge < -0.3 is 10.1 Å². The predicted molar refractivity (Wildman–Crippen MR) is 54.8 cm³/mol. The number of aromatic amines is 1. The topological polar surface area (TPSA) is 53.1 Å². The van der Waals surface area contributed by atoms with E-state index in [9.17, 15) is 13.6 Å². The van der Waals surface area contributed by atoms with Crippen LogP contribution in [0.4, 0.5) is 8.78 Å². The van der Waals surface area contributed by atoms with Gasteiger partial charge in [0.1, 0.15) is 0 Å². The first-order valence-corrected chi connectivity index (χ1v) is 4.69. The van der Waals surface area contributed by atoms with Crippen LogP contribution in [0.2, 0.25) is 5.02 Å². The highest BCUT2D eigenvalue weighted by Crippen LogP contribution is 2.31. The lowest BCUT2D eigenvalue weighted by Crippen LogP contribution is -2.25. The average Bonchev–Trinajstić information content (AvgIpc) is 2.60. The van der Waals surface area contributed by atoms with Gasteiger partial charge in [-0.1, -0.05) is 11.6 Å². The van der Waals surface area contributed by atoms with Gasteiger partial charge >= 0.3 is 11.9 Å². The summed E-state index contributed by atoms with van der Waals surface area (Å²) in [5.74, 6) is -6.11. The fourth-order valence-electron chi connectivity index (χ4n) is 1.39. The molecule has 16 heavy (non-hydrogen) atoms. The smallest absolute Gasteiger partial charge is 0.382 e. The third-order valence-corrected chi connectivity index (χ3v) is 2.42. The highest BCUT2D eigenvalue weighted by Gasteiger charge is 2.42. The molecule has 0 amide bonds. The summed E-state index contributed by atoms with van der Waals surface area (Å²) in [4.78, 5) is 12.7. The van der Waals surface area contributed by atoms with E-state index in [4.69, 9.17) is 16.7 Å². The number of H-pyrrole nitrogens is 1. The first-order valence-electron chi connectivity index (χ1n) is 4.31. The maximum Gasteiger partial charge on any atom is 0.382 e. The molecule has 3 nitrogen and oxygen atoms in total. The summed E-state index contributed by atoms with van der Waals surface area (Å²) in [6.07, 6.45) is 0. The molecule has 0 aliphatic carbocycles. The van der Waals surface area contributed by atoms with Crippen molar-refractivity contribution in [3.8, 4) is 0 Å². The van der Waals surface area contributed by atoms with Crippen LogP contribution in [-0.2, 0) is 10.7 Å². The van der Waals surface area contributed by atoms with Crippen LogP contribution in [0.25, 0.3) is 10.9 Å². The molecular formula is C10H6ClF2NO2. The SMILES string of the molecule is O=C(O)C(F)(F)c1cc2cc(Cl)ccc2[nH]1. The molecule has 0 saturated carbocycles. The molecular weight excluding hydrogens is 240 g/mol. The van der Waals surface area contributed by atoms with Gasteiger partial charge in [0.05, 0.1) is 5.69 Å². The van der Waals surface area contributed by atoms with Gasteiger partial charge in [-0.3, -0.25) is 0 Å². The molecule has 0 aliphatic rings. The van der Waals surface area contributed by atoms with Crippen LogP contribution in [-0.4, -0.2) is 16.1 Å². The molecule has 2 aromatic rings. The summed E-state index contributed by atoms with van der Waals surface area (Å²) in [6, 6.07) is 5.60. The van der Waals surface area contributed by atoms with Gasteiger partial charge in [-0.15, -0.1) is 0 Å². The normalized spacial score (nSPS) is 11.9. The van der Waals surface area contributed by atoms with Gasteiger partial charge in [0.2, 0.25) is 0 Å². The zero-order chi connectivity index (χ0) is 11.9. The van der Waals surface area contributed by atoms with E-state index < -0.39 is 17.6 Å². The van der Waals surface area contributed by atoms with Gasteiger partial charge in [0, 0.05) is 15.9 Å². The van der Waals surface area contributed by atoms with Crippen LogP contribution in [0.1, 0.15) is 5.69 Å². The predicted octanol–water partition coefficient (Wildman–Crippen LogP) is 3.00. The number of carboxylic acids is 1. The van der Waals surface area contributed by atoms with Crippen LogP contribution < -0.4 is 0 Å². The molecule has 2 rings (SSSR count). The number of hydrogen-bond donors (Lipinski definition) is 2. The van der Waals surface area contributed by atoms with Crippen LogP contribution in [0, 0.1) is 0 Å². The molecule has 0 saturated heterocycles. The maximum absolute atomic E-state index is 13.2. The highest BCUT2D eigenvalue weighted by molar-refractivity contribution is 6.31. The summed E-state index contributed by atoms with van der Waals surface area (Å²) in [7, 11) is 0. The number of fused-ring (bicyclic) bond motifs is 1. The van der Waals surface area contributed by atoms with Crippen molar-refractivity contribution in [2.45, 2.75) is 5.92 Å². The van der Waals surface area contributed by atoms with E-state index in [0.29, 0.717) is 15.9 Å². The van der Waals surface area contributed by atoms with Crippen molar-refractivity contribution in [1.29, 1.82) is 0 Å². The van der Waals surface area contributed by atoms with E-state index in [1.807, 2.05) is 0 Å². The van der Waals surface area contributed by atoms with Gasteiger partial charge in [0.15, 0.2) is 0 Å². The van der Waals surface area contributed by atoms with Crippen LogP contribution in [0.15, 0.2) is 24.3 Å². The Balaban J connectivity index is 2.59. The number of halogens is 3. The minimum atomic E-state index is -3.93. The molecule has 2 N–H and O–H groups in total. The molecule has 0 atom stereocenters. The van der Waals surface area contributed by atoms with E-state index in [-0.39, 0.29) is 0 Å². The number of hydrogen-bond acceptors (Lipinski definition) is 1. The van der Waals surface area contributed by atoms with E-state index in [0.717, 1.165) is 6.07 Å². The van der Waals surface area contributed by atoms with Crippen LogP contribution in [0.3, 0.4) is 0 Å². The number of aromatic nitrogens is 1. The van der Waals surface area contributed by atoms with Crippen molar-refractivity contribution in [3.05, 3.63) is 35.0 Å². The van der Waals surface area contributed by atoms with Gasteiger partial charge in [-0.2, -0.15) is 8.78 Å². The largest absolute Gasteiger partial charge is 0.476 e. The second kappa shape index (κ2) is 3.45. The lowest BCUT2D eigenvalue weighted by Gasteiger charge is -2.07. The Morgan fingerprint density at radius 2 is 2.06 bits per heavy atom. The molecule has 1 aromatic heterocycles. The highest BCUT2D eigenvalue weighted by atomic mass is 35.5. The van der Waals surface area contributed by atoms with Crippen molar-refractivity contribution in [1.82, 2.24) is 4.98 Å². The molecule has 1 aromatic carbocycles. The molecule has 0 unspecified atom stereocenters. The molecule has 84 valence electrons. The fourth-order valence-corrected chi connectivity index (χ4v) is 1.57. The Morgan fingerprint density at radius 1 is 1.38 bits per heavy atom. The second-order valence-electron chi connectivity index (χ2n) is 3.29. The minimum Gasteiger partial charge on any atom is -0.476 e. The van der Waals surface area contributed by atoms with Crippen molar-refractivity contribution in [2.75, 3.05) is 0 Å². The third kappa shape index (κ3) is 1.63. The van der Waals surface area contributed by atoms with Gasteiger partial charge in [-0.05, 0) is 24.3 Å². The Kier molecular flexibility index (Phi) is 2.35. The van der Waals surface area contributed by atoms with E-state index in [1.165, 1.54) is 18.2 Å². The molecule has 1 heterocycles. The summed E-state index contributed by atoms with van der Waals surface area (Å²) in [5.41, 5.74) is -0.238. The minimum absolute atomic E-state index is 0.400. The molecule has 0 fully saturated rings. The van der Waals surface area contributed by atoms with Crippen LogP contribution >= 0.6 is 11.6 Å². The summed E-state index contributed by atoms with van der Waals surface area (Å²) < 4.78 is 26.3. The lowest BCUT2D eigenvalue weighted by atomic mass is 10.2. The Bertz CT molecular complexity index is 565. The fraction of sp³-hybridized carbons (Fsp3) is 0.100. The quantitative estimate of drug-likeness (QED) is 0.855. The summed E-state index contributed by atoms with van der Waals surface area (Å²) in [5, 5.41) is 9.23. The van der Waals surface area contributed by atoms with Crippen molar-refractivity contribution in [2.24, 2.45) is 0 Å². The molecule has 0 bridgehead atoms. The first kappa shape index (κ1) is 10.9. The number of aliphatic carboxylic acids is 1. The molecule has 6 heteroatoms. The number of nitrogens with one attached hydrogen (secondary N) is 1. The van der Waals surface area contributed by atoms with Gasteiger partial charge in [0.25, 0.3) is 0 Å². The zero-order valence-electron chi connectivity index (χ0n) is 7.80. The van der Waals surface area contributed by atoms with Crippen molar-refractivity contribution < 1.29 is 18.7 Å². The van der Waals surface area contributed by atoms with Gasteiger partial charge in [-0.25, -0.2) is 4.79 Å². The number of rotatable bonds is 2. The number of alkyl halides is 2. The number of carbonyl (C=O) groups is 1. The van der Waals surface area contributed by atoms with Crippen molar-refractivity contribution >= 4 is 28.5 Å². The molecule has 0 radical (unpaired) electrons. The Labute approximate surface area is 93.6 Å². The van der Waals surface area contributed by atoms with Crippen molar-refractivity contribution in [3.63, 3.8) is 0 Å². The third-order valence-electron chi connectivity index (χ3n) is 2.19. The Morgan fingerprint density at radius 3 is 2.69 bits per heavy atom. The van der Waals surface area contributed by atoms with E-state index >= 15 is 0 Å². The summed E-state index contributed by atoms with van der Waals surface area (Å²) in [6.45, 7) is 0. The standard InChI is InChI=1S/C10H6ClF2NO2/c11-6-1-2-7-5(3-6)4-8(14-7)10(12,13)9(15)16/h1-4,14H,(H,15,16). The first-order chi connectivity index (χ1) is 7.41. The number of carboxylic acid groups (broad SMARTS) is 1. The Hall–Kier alpha value is -1.62. The second-order valence-corrected chi connectivity index (χ2v) is 3.73. The number of benzene rings is 1. The molecule has 0 aliphatic heterocycles. The summed E-state index contributed by atoms with van der Waals surface area (Å²) >= 11 is 5.69. The molecule has 0 spiro atoms. The van der Waals surface area contributed by atoms with E-state index in [2.05, 4.69) is 4.98 Å². The lowest BCUT2D eigenvalue weighted by molar-refractivity contribution is -0.166. The average molecular weight is 246 g/mol. The maximum atomic E-state index is 13.2.